The van der Waals surface area contributed by atoms with Gasteiger partial charge < -0.3 is 20.3 Å². The van der Waals surface area contributed by atoms with Crippen LogP contribution in [0.4, 0.5) is 10.5 Å². The Morgan fingerprint density at radius 3 is 2.28 bits per heavy atom. The highest BCUT2D eigenvalue weighted by Crippen LogP contribution is 2.30. The van der Waals surface area contributed by atoms with E-state index in [4.69, 9.17) is 16.3 Å². The second-order valence-corrected chi connectivity index (χ2v) is 12.8. The molecule has 43 heavy (non-hydrogen) atoms. The minimum Gasteiger partial charge on any atom is -0.444 e. The maximum Gasteiger partial charge on any atom is 0.408 e. The molecule has 2 aromatic rings. The molecule has 0 aromatic heterocycles. The summed E-state index contributed by atoms with van der Waals surface area (Å²) < 4.78 is 5.49. The first-order chi connectivity index (χ1) is 20.3. The first-order valence-electron chi connectivity index (χ1n) is 15.4. The first-order valence-corrected chi connectivity index (χ1v) is 15.7. The van der Waals surface area contributed by atoms with Crippen molar-refractivity contribution in [3.8, 4) is 0 Å². The van der Waals surface area contributed by atoms with Gasteiger partial charge in [0.25, 0.3) is 5.91 Å². The fourth-order valence-electron chi connectivity index (χ4n) is 4.87. The molecule has 2 aromatic carbocycles. The van der Waals surface area contributed by atoms with Crippen LogP contribution < -0.4 is 10.6 Å². The third-order valence-corrected chi connectivity index (χ3v) is 7.45. The van der Waals surface area contributed by atoms with E-state index in [1.807, 2.05) is 57.2 Å². The molecule has 3 amide bonds. The number of aryl methyl sites for hydroxylation is 1. The van der Waals surface area contributed by atoms with Gasteiger partial charge in [0.2, 0.25) is 5.91 Å². The van der Waals surface area contributed by atoms with E-state index >= 15 is 0 Å². The third-order valence-electron chi connectivity index (χ3n) is 7.13. The summed E-state index contributed by atoms with van der Waals surface area (Å²) in [6, 6.07) is 11.0. The van der Waals surface area contributed by atoms with Crippen LogP contribution in [0.15, 0.2) is 49.0 Å². The number of carbonyl (C=O) groups is 3. The van der Waals surface area contributed by atoms with Gasteiger partial charge >= 0.3 is 6.09 Å². The molecule has 8 heteroatoms. The van der Waals surface area contributed by atoms with Crippen LogP contribution in [-0.2, 0) is 14.3 Å². The van der Waals surface area contributed by atoms with E-state index in [-0.39, 0.29) is 11.8 Å². The summed E-state index contributed by atoms with van der Waals surface area (Å²) in [5, 5.41) is 6.20. The normalized spacial score (nSPS) is 12.8. The summed E-state index contributed by atoms with van der Waals surface area (Å²) >= 11 is 6.49. The molecular weight excluding hydrogens is 562 g/mol. The minimum absolute atomic E-state index is 0.263. The fourth-order valence-corrected chi connectivity index (χ4v) is 5.14. The molecule has 2 atom stereocenters. The zero-order valence-electron chi connectivity index (χ0n) is 27.0. The van der Waals surface area contributed by atoms with E-state index in [0.29, 0.717) is 29.2 Å². The number of unbranched alkanes of at least 4 members (excludes halogenated alkanes) is 5. The van der Waals surface area contributed by atoms with Crippen molar-refractivity contribution in [2.24, 2.45) is 5.92 Å². The number of para-hydroxylation sites is 1. The van der Waals surface area contributed by atoms with E-state index in [0.717, 1.165) is 43.2 Å². The fraction of sp³-hybridized carbons (Fsp3) is 0.514. The first kappa shape index (κ1) is 35.9. The Morgan fingerprint density at radius 2 is 1.67 bits per heavy atom. The number of hydrogen-bond acceptors (Lipinski definition) is 4. The highest BCUT2D eigenvalue weighted by Gasteiger charge is 2.37. The van der Waals surface area contributed by atoms with Gasteiger partial charge in [0.15, 0.2) is 0 Å². The molecule has 0 heterocycles. The van der Waals surface area contributed by atoms with E-state index < -0.39 is 29.7 Å². The molecule has 0 aliphatic rings. The number of rotatable bonds is 15. The van der Waals surface area contributed by atoms with Crippen molar-refractivity contribution in [2.75, 3.05) is 11.9 Å². The number of anilines is 1. The Morgan fingerprint density at radius 1 is 1.02 bits per heavy atom. The van der Waals surface area contributed by atoms with Crippen molar-refractivity contribution >= 4 is 41.3 Å². The molecule has 0 saturated carbocycles. The van der Waals surface area contributed by atoms with Crippen molar-refractivity contribution in [3.63, 3.8) is 0 Å². The lowest BCUT2D eigenvalue weighted by Gasteiger charge is -2.36. The van der Waals surface area contributed by atoms with Crippen LogP contribution in [0.1, 0.15) is 103 Å². The summed E-state index contributed by atoms with van der Waals surface area (Å²) in [5.74, 6) is -1.01. The zero-order chi connectivity index (χ0) is 32.2. The van der Waals surface area contributed by atoms with Crippen molar-refractivity contribution in [3.05, 3.63) is 70.8 Å². The Bertz CT molecular complexity index is 1220. The largest absolute Gasteiger partial charge is 0.444 e. The number of nitrogens with one attached hydrogen (secondary N) is 2. The molecule has 2 unspecified atom stereocenters. The molecule has 0 aliphatic heterocycles. The van der Waals surface area contributed by atoms with Gasteiger partial charge in [0.1, 0.15) is 17.7 Å². The Hall–Kier alpha value is -3.32. The molecule has 0 fully saturated rings. The molecule has 0 spiro atoms. The Kier molecular flexibility index (Phi) is 14.3. The highest BCUT2D eigenvalue weighted by atomic mass is 35.5. The lowest BCUT2D eigenvalue weighted by molar-refractivity contribution is -0.141. The maximum atomic E-state index is 14.4. The van der Waals surface area contributed by atoms with E-state index in [1.165, 1.54) is 0 Å². The second-order valence-electron chi connectivity index (χ2n) is 12.4. The summed E-state index contributed by atoms with van der Waals surface area (Å²) in [6.45, 7) is 17.3. The number of amides is 3. The number of halogens is 1. The molecule has 7 nitrogen and oxygen atoms in total. The lowest BCUT2D eigenvalue weighted by Crippen LogP contribution is -2.54. The van der Waals surface area contributed by atoms with Crippen molar-refractivity contribution in [1.82, 2.24) is 10.2 Å². The van der Waals surface area contributed by atoms with Gasteiger partial charge in [-0.25, -0.2) is 4.79 Å². The maximum absolute atomic E-state index is 14.4. The van der Waals surface area contributed by atoms with Crippen molar-refractivity contribution in [1.29, 1.82) is 0 Å². The van der Waals surface area contributed by atoms with Crippen LogP contribution >= 0.6 is 11.6 Å². The van der Waals surface area contributed by atoms with E-state index in [9.17, 15) is 14.4 Å². The summed E-state index contributed by atoms with van der Waals surface area (Å²) in [4.78, 5) is 43.1. The van der Waals surface area contributed by atoms with Gasteiger partial charge in [-0.15, -0.1) is 0 Å². The highest BCUT2D eigenvalue weighted by molar-refractivity contribution is 6.34. The van der Waals surface area contributed by atoms with Gasteiger partial charge in [-0.05, 0) is 68.9 Å². The van der Waals surface area contributed by atoms with Crippen molar-refractivity contribution < 1.29 is 19.1 Å². The van der Waals surface area contributed by atoms with Crippen LogP contribution in [0.2, 0.25) is 5.02 Å². The average Bonchev–Trinajstić information content (AvgIpc) is 2.93. The lowest BCUT2D eigenvalue weighted by atomic mass is 9.97. The molecule has 2 N–H and O–H groups in total. The minimum atomic E-state index is -0.986. The summed E-state index contributed by atoms with van der Waals surface area (Å²) in [6.07, 6.45) is 7.12. The number of benzene rings is 2. The quantitative estimate of drug-likeness (QED) is 0.197. The second kappa shape index (κ2) is 17.1. The SMILES string of the molecule is C=Cc1cccc(C(C(=O)Nc2c(C)cccc2Cl)N(CCCCCCCC)C(=O)C(NC(=O)OC(C)(C)C)C(C)C)c1. The molecule has 0 bridgehead atoms. The van der Waals surface area contributed by atoms with Crippen LogP contribution in [0, 0.1) is 12.8 Å². The molecule has 0 radical (unpaired) electrons. The molecular formula is C35H50ClN3O4. The predicted octanol–water partition coefficient (Wildman–Crippen LogP) is 8.71. The number of ether oxygens (including phenoxy) is 1. The van der Waals surface area contributed by atoms with Crippen LogP contribution in [0.3, 0.4) is 0 Å². The number of nitrogens with zero attached hydrogens (tertiary/aromatic N) is 1. The molecule has 236 valence electrons. The van der Waals surface area contributed by atoms with Gasteiger partial charge in [-0.2, -0.15) is 0 Å². The Labute approximate surface area is 263 Å². The van der Waals surface area contributed by atoms with Gasteiger partial charge in [0.05, 0.1) is 10.7 Å². The molecule has 0 aliphatic carbocycles. The topological polar surface area (TPSA) is 87.7 Å². The number of carbonyl (C=O) groups excluding carboxylic acids is 3. The van der Waals surface area contributed by atoms with Crippen LogP contribution in [0.5, 0.6) is 0 Å². The van der Waals surface area contributed by atoms with Crippen LogP contribution in [0.25, 0.3) is 6.08 Å². The number of hydrogen-bond donors (Lipinski definition) is 2. The summed E-state index contributed by atoms with van der Waals surface area (Å²) in [5.41, 5.74) is 2.04. The van der Waals surface area contributed by atoms with Gasteiger partial charge in [-0.1, -0.05) is 107 Å². The van der Waals surface area contributed by atoms with Gasteiger partial charge in [0, 0.05) is 6.54 Å². The summed E-state index contributed by atoms with van der Waals surface area (Å²) in [7, 11) is 0. The average molecular weight is 612 g/mol. The predicted molar refractivity (Wildman–Crippen MR) is 177 cm³/mol. The van der Waals surface area contributed by atoms with Crippen molar-refractivity contribution in [2.45, 2.75) is 105 Å². The van der Waals surface area contributed by atoms with Crippen LogP contribution in [-0.4, -0.2) is 41.0 Å². The van der Waals surface area contributed by atoms with E-state index in [2.05, 4.69) is 24.1 Å². The standard InChI is InChI=1S/C35H50ClN3O4/c1-9-11-12-13-14-15-22-39(33(41)29(24(3)4)38-34(42)43-35(6,7)8)31(27-20-17-19-26(10-2)23-27)32(40)37-30-25(5)18-16-21-28(30)36/h10,16-21,23-24,29,31H,2,9,11-15,22H2,1,3-8H3,(H,37,40)(H,38,42). The monoisotopic (exact) mass is 611 g/mol. The molecule has 0 saturated heterocycles. The van der Waals surface area contributed by atoms with Gasteiger partial charge in [-0.3, -0.25) is 9.59 Å². The van der Waals surface area contributed by atoms with E-state index in [1.54, 1.807) is 37.8 Å². The smallest absolute Gasteiger partial charge is 0.408 e. The third kappa shape index (κ3) is 11.4. The molecule has 2 rings (SSSR count). The number of alkyl carbamates (subject to hydrolysis) is 1. The Balaban J connectivity index is 2.58. The zero-order valence-corrected chi connectivity index (χ0v) is 27.7.